The summed E-state index contributed by atoms with van der Waals surface area (Å²) in [5.41, 5.74) is -0.298. The molecule has 1 aliphatic heterocycles. The Kier molecular flexibility index (Phi) is 4.29. The van der Waals surface area contributed by atoms with E-state index in [1.54, 1.807) is 0 Å². The standard InChI is InChI=1S/C16H20F3N3O/c1-10-20-13-6-5-11(15(23)22-7-3-2-4-8-22)9-12(13)14(21-10)16(17,18)19/h11H,2-9H2,1H3/t11-/m1/s1. The molecule has 1 aromatic heterocycles. The van der Waals surface area contributed by atoms with Gasteiger partial charge < -0.3 is 4.90 Å². The summed E-state index contributed by atoms with van der Waals surface area (Å²) in [5.74, 6) is -0.256. The minimum atomic E-state index is -4.51. The van der Waals surface area contributed by atoms with E-state index >= 15 is 0 Å². The first kappa shape index (κ1) is 16.2. The van der Waals surface area contributed by atoms with Crippen molar-refractivity contribution < 1.29 is 18.0 Å². The smallest absolute Gasteiger partial charge is 0.342 e. The van der Waals surface area contributed by atoms with Gasteiger partial charge in [-0.3, -0.25) is 4.79 Å². The highest BCUT2D eigenvalue weighted by molar-refractivity contribution is 5.79. The first-order valence-electron chi connectivity index (χ1n) is 8.08. The summed E-state index contributed by atoms with van der Waals surface area (Å²) in [5, 5.41) is 0. The summed E-state index contributed by atoms with van der Waals surface area (Å²) in [6.07, 6.45) is -0.366. The van der Waals surface area contributed by atoms with Crippen molar-refractivity contribution in [2.24, 2.45) is 5.92 Å². The van der Waals surface area contributed by atoms with Gasteiger partial charge in [0, 0.05) is 30.3 Å². The van der Waals surface area contributed by atoms with Gasteiger partial charge in [-0.25, -0.2) is 9.97 Å². The molecule has 0 saturated carbocycles. The molecule has 4 nitrogen and oxygen atoms in total. The third-order valence-electron chi connectivity index (χ3n) is 4.67. The van der Waals surface area contributed by atoms with Crippen LogP contribution in [0.4, 0.5) is 13.2 Å². The number of halogens is 3. The first-order chi connectivity index (χ1) is 10.9. The van der Waals surface area contributed by atoms with Gasteiger partial charge in [0.1, 0.15) is 5.82 Å². The van der Waals surface area contributed by atoms with Crippen molar-refractivity contribution in [3.05, 3.63) is 22.8 Å². The van der Waals surface area contributed by atoms with E-state index in [2.05, 4.69) is 9.97 Å². The first-order valence-corrected chi connectivity index (χ1v) is 8.08. The maximum absolute atomic E-state index is 13.3. The molecule has 3 rings (SSSR count). The van der Waals surface area contributed by atoms with Crippen molar-refractivity contribution in [1.82, 2.24) is 14.9 Å². The van der Waals surface area contributed by atoms with Gasteiger partial charge in [0.2, 0.25) is 5.91 Å². The topological polar surface area (TPSA) is 46.1 Å². The number of carbonyl (C=O) groups excluding carboxylic acids is 1. The van der Waals surface area contributed by atoms with Crippen LogP contribution in [-0.2, 0) is 23.8 Å². The number of hydrogen-bond acceptors (Lipinski definition) is 3. The quantitative estimate of drug-likeness (QED) is 0.797. The van der Waals surface area contributed by atoms with Gasteiger partial charge in [-0.15, -0.1) is 0 Å². The lowest BCUT2D eigenvalue weighted by atomic mass is 9.84. The average molecular weight is 327 g/mol. The Morgan fingerprint density at radius 3 is 2.52 bits per heavy atom. The van der Waals surface area contributed by atoms with Crippen LogP contribution in [-0.4, -0.2) is 33.9 Å². The van der Waals surface area contributed by atoms with Crippen LogP contribution in [0.5, 0.6) is 0 Å². The fraction of sp³-hybridized carbons (Fsp3) is 0.688. The lowest BCUT2D eigenvalue weighted by Crippen LogP contribution is -2.41. The van der Waals surface area contributed by atoms with Crippen LogP contribution >= 0.6 is 0 Å². The van der Waals surface area contributed by atoms with Crippen molar-refractivity contribution >= 4 is 5.91 Å². The van der Waals surface area contributed by atoms with Crippen molar-refractivity contribution in [3.8, 4) is 0 Å². The fourth-order valence-electron chi connectivity index (χ4n) is 3.55. The molecule has 7 heteroatoms. The molecule has 2 aliphatic rings. The van der Waals surface area contributed by atoms with Gasteiger partial charge in [0.25, 0.3) is 0 Å². The van der Waals surface area contributed by atoms with Gasteiger partial charge >= 0.3 is 6.18 Å². The van der Waals surface area contributed by atoms with Gasteiger partial charge in [0.05, 0.1) is 0 Å². The predicted octanol–water partition coefficient (Wildman–Crippen LogP) is 2.92. The molecule has 1 fully saturated rings. The number of carbonyl (C=O) groups is 1. The van der Waals surface area contributed by atoms with E-state index in [-0.39, 0.29) is 29.6 Å². The molecule has 0 radical (unpaired) electrons. The largest absolute Gasteiger partial charge is 0.433 e. The van der Waals surface area contributed by atoms with Crippen molar-refractivity contribution in [3.63, 3.8) is 0 Å². The lowest BCUT2D eigenvalue weighted by Gasteiger charge is -2.33. The number of nitrogens with zero attached hydrogens (tertiary/aromatic N) is 3. The molecule has 1 saturated heterocycles. The summed E-state index contributed by atoms with van der Waals surface area (Å²) in [6.45, 7) is 2.91. The molecule has 1 aliphatic carbocycles. The van der Waals surface area contributed by atoms with Crippen LogP contribution in [0.1, 0.15) is 48.5 Å². The predicted molar refractivity (Wildman–Crippen MR) is 77.7 cm³/mol. The number of alkyl halides is 3. The number of fused-ring (bicyclic) bond motifs is 1. The molecule has 0 unspecified atom stereocenters. The lowest BCUT2D eigenvalue weighted by molar-refractivity contribution is -0.143. The summed E-state index contributed by atoms with van der Waals surface area (Å²) >= 11 is 0. The molecule has 0 spiro atoms. The Balaban J connectivity index is 1.86. The molecule has 23 heavy (non-hydrogen) atoms. The van der Waals surface area contributed by atoms with Crippen LogP contribution in [0.2, 0.25) is 0 Å². The summed E-state index contributed by atoms with van der Waals surface area (Å²) < 4.78 is 39.8. The second kappa shape index (κ2) is 6.09. The third-order valence-corrected chi connectivity index (χ3v) is 4.67. The SMILES string of the molecule is Cc1nc2c(c(C(F)(F)F)n1)C[C@H](C(=O)N1CCCCC1)CC2. The van der Waals surface area contributed by atoms with E-state index in [1.165, 1.54) is 6.92 Å². The minimum absolute atomic E-state index is 0.0101. The molecular weight excluding hydrogens is 307 g/mol. The van der Waals surface area contributed by atoms with Crippen molar-refractivity contribution in [2.75, 3.05) is 13.1 Å². The Morgan fingerprint density at radius 1 is 1.17 bits per heavy atom. The fourth-order valence-corrected chi connectivity index (χ4v) is 3.55. The number of amides is 1. The maximum Gasteiger partial charge on any atom is 0.433 e. The highest BCUT2D eigenvalue weighted by atomic mass is 19.4. The molecule has 1 aromatic rings. The Bertz CT molecular complexity index is 609. The third kappa shape index (κ3) is 3.33. The average Bonchev–Trinajstić information content (AvgIpc) is 2.53. The number of aryl methyl sites for hydroxylation is 2. The molecule has 2 heterocycles. The zero-order chi connectivity index (χ0) is 16.6. The maximum atomic E-state index is 13.3. The van der Waals surface area contributed by atoms with Crippen LogP contribution in [0.15, 0.2) is 0 Å². The van der Waals surface area contributed by atoms with E-state index in [0.717, 1.165) is 32.4 Å². The highest BCUT2D eigenvalue weighted by Gasteiger charge is 2.40. The number of likely N-dealkylation sites (tertiary alicyclic amines) is 1. The number of aromatic nitrogens is 2. The zero-order valence-electron chi connectivity index (χ0n) is 13.1. The normalized spacial score (nSPS) is 21.9. The Labute approximate surface area is 133 Å². The second-order valence-corrected chi connectivity index (χ2v) is 6.37. The van der Waals surface area contributed by atoms with Crippen LogP contribution in [0.3, 0.4) is 0 Å². The van der Waals surface area contributed by atoms with Crippen LogP contribution in [0, 0.1) is 12.8 Å². The van der Waals surface area contributed by atoms with Crippen LogP contribution < -0.4 is 0 Å². The van der Waals surface area contributed by atoms with E-state index in [1.807, 2.05) is 4.90 Å². The van der Waals surface area contributed by atoms with Gasteiger partial charge in [-0.05, 0) is 45.4 Å². The molecule has 0 aromatic carbocycles. The van der Waals surface area contributed by atoms with E-state index in [9.17, 15) is 18.0 Å². The van der Waals surface area contributed by atoms with Gasteiger partial charge in [-0.1, -0.05) is 0 Å². The number of piperidine rings is 1. The highest BCUT2D eigenvalue weighted by Crippen LogP contribution is 2.36. The molecule has 0 N–H and O–H groups in total. The Hall–Kier alpha value is -1.66. The van der Waals surface area contributed by atoms with E-state index in [4.69, 9.17) is 0 Å². The van der Waals surface area contributed by atoms with E-state index < -0.39 is 11.9 Å². The zero-order valence-corrected chi connectivity index (χ0v) is 13.1. The molecule has 126 valence electrons. The van der Waals surface area contributed by atoms with E-state index in [0.29, 0.717) is 18.5 Å². The minimum Gasteiger partial charge on any atom is -0.342 e. The monoisotopic (exact) mass is 327 g/mol. The Morgan fingerprint density at radius 2 is 1.87 bits per heavy atom. The summed E-state index contributed by atoms with van der Waals surface area (Å²) in [4.78, 5) is 22.2. The summed E-state index contributed by atoms with van der Waals surface area (Å²) in [7, 11) is 0. The molecular formula is C16H20F3N3O. The van der Waals surface area contributed by atoms with Gasteiger partial charge in [0.15, 0.2) is 5.69 Å². The molecule has 0 bridgehead atoms. The molecule has 1 amide bonds. The summed E-state index contributed by atoms with van der Waals surface area (Å²) in [6, 6.07) is 0. The number of hydrogen-bond donors (Lipinski definition) is 0. The molecule has 1 atom stereocenters. The second-order valence-electron chi connectivity index (χ2n) is 6.37. The van der Waals surface area contributed by atoms with Crippen molar-refractivity contribution in [1.29, 1.82) is 0 Å². The number of rotatable bonds is 1. The van der Waals surface area contributed by atoms with Gasteiger partial charge in [-0.2, -0.15) is 13.2 Å². The van der Waals surface area contributed by atoms with Crippen molar-refractivity contribution in [2.45, 2.75) is 51.6 Å². The van der Waals surface area contributed by atoms with Crippen LogP contribution in [0.25, 0.3) is 0 Å².